The average Bonchev–Trinajstić information content (AvgIpc) is 2.82. The molecule has 1 amide bonds. The molecule has 9 heteroatoms. The first-order valence-corrected chi connectivity index (χ1v) is 10.0. The van der Waals surface area contributed by atoms with Crippen LogP contribution in [0.3, 0.4) is 0 Å². The Balaban J connectivity index is 0.00000166. The number of nitrogens with one attached hydrogen (secondary N) is 2. The van der Waals surface area contributed by atoms with Crippen LogP contribution in [0.1, 0.15) is 26.5 Å². The van der Waals surface area contributed by atoms with Crippen LogP contribution < -0.4 is 21.7 Å². The molecule has 9 nitrogen and oxygen atoms in total. The molecule has 0 radical (unpaired) electrons. The molecule has 0 fully saturated rings. The van der Waals surface area contributed by atoms with Crippen molar-refractivity contribution in [2.75, 3.05) is 29.0 Å². The molecular weight excluding hydrogens is 392 g/mol. The summed E-state index contributed by atoms with van der Waals surface area (Å²) in [6.45, 7) is 6.42. The van der Waals surface area contributed by atoms with Crippen LogP contribution in [0, 0.1) is 5.41 Å². The number of carbonyl (C=O) groups excluding carboxylic acids is 1. The number of anilines is 3. The highest BCUT2D eigenvalue weighted by Gasteiger charge is 2.18. The van der Waals surface area contributed by atoms with Gasteiger partial charge in [0.25, 0.3) is 0 Å². The van der Waals surface area contributed by atoms with Gasteiger partial charge in [-0.3, -0.25) is 15.2 Å². The number of nitrogens with zero attached hydrogens (tertiary/aromatic N) is 4. The van der Waals surface area contributed by atoms with E-state index >= 15 is 0 Å². The van der Waals surface area contributed by atoms with Gasteiger partial charge in [0.05, 0.1) is 18.4 Å². The molecule has 0 aliphatic carbocycles. The number of rotatable bonds is 6. The summed E-state index contributed by atoms with van der Waals surface area (Å²) in [5, 5.41) is 11.3. The number of pyridine rings is 1. The molecule has 2 heterocycles. The lowest BCUT2D eigenvalue weighted by Gasteiger charge is -2.23. The maximum absolute atomic E-state index is 11.4. The number of hydrogen-bond donors (Lipinski definition) is 4. The van der Waals surface area contributed by atoms with Gasteiger partial charge in [-0.25, -0.2) is 9.97 Å². The molecule has 0 atom stereocenters. The summed E-state index contributed by atoms with van der Waals surface area (Å²) < 4.78 is 0. The van der Waals surface area contributed by atoms with E-state index in [2.05, 4.69) is 20.3 Å². The van der Waals surface area contributed by atoms with Crippen molar-refractivity contribution >= 4 is 28.9 Å². The van der Waals surface area contributed by atoms with Crippen LogP contribution in [-0.4, -0.2) is 39.8 Å². The highest BCUT2D eigenvalue weighted by Crippen LogP contribution is 2.23. The van der Waals surface area contributed by atoms with E-state index in [-0.39, 0.29) is 24.1 Å². The second kappa shape index (κ2) is 11.4. The van der Waals surface area contributed by atoms with Gasteiger partial charge in [0.2, 0.25) is 5.91 Å². The average molecular weight is 421 g/mol. The number of amidine groups is 1. The zero-order valence-electron chi connectivity index (χ0n) is 18.0. The number of nitrogen functional groups attached to an aromatic ring is 1. The van der Waals surface area contributed by atoms with Crippen LogP contribution in [0.25, 0.3) is 11.3 Å². The van der Waals surface area contributed by atoms with E-state index in [4.69, 9.17) is 16.9 Å². The zero-order valence-corrected chi connectivity index (χ0v) is 18.0. The number of amides is 1. The maximum Gasteiger partial charge on any atom is 0.238 e. The van der Waals surface area contributed by atoms with E-state index in [9.17, 15) is 4.79 Å². The Morgan fingerprint density at radius 2 is 1.77 bits per heavy atom. The van der Waals surface area contributed by atoms with Gasteiger partial charge in [-0.1, -0.05) is 26.0 Å². The standard InChI is InChI=1S/C20H22N8O.C2H6/c1-2-28(15-7-9-24-10-8-15)20(23)18-19(22)25-12-16(27-18)13-3-5-14(6-4-13)26-17(29)11-21;1-2/h3-10,12,23H,2,11,21H2,1H3,(H2,22,25)(H,26,29);1-2H3. The monoisotopic (exact) mass is 420 g/mol. The van der Waals surface area contributed by atoms with Crippen LogP contribution in [-0.2, 0) is 4.79 Å². The minimum absolute atomic E-state index is 0.0813. The van der Waals surface area contributed by atoms with E-state index in [0.29, 0.717) is 23.6 Å². The molecule has 0 bridgehead atoms. The molecule has 31 heavy (non-hydrogen) atoms. The van der Waals surface area contributed by atoms with Gasteiger partial charge in [0.1, 0.15) is 5.69 Å². The third-order valence-electron chi connectivity index (χ3n) is 4.24. The molecule has 0 saturated carbocycles. The quantitative estimate of drug-likeness (QED) is 0.354. The van der Waals surface area contributed by atoms with E-state index in [1.54, 1.807) is 47.8 Å². The summed E-state index contributed by atoms with van der Waals surface area (Å²) in [5.41, 5.74) is 14.4. The fourth-order valence-corrected chi connectivity index (χ4v) is 2.77. The van der Waals surface area contributed by atoms with E-state index < -0.39 is 0 Å². The number of carbonyl (C=O) groups is 1. The normalized spacial score (nSPS) is 9.94. The predicted octanol–water partition coefficient (Wildman–Crippen LogP) is 2.90. The summed E-state index contributed by atoms with van der Waals surface area (Å²) in [4.78, 5) is 26.0. The fraction of sp³-hybridized carbons (Fsp3) is 0.227. The first-order valence-electron chi connectivity index (χ1n) is 10.0. The molecule has 3 aromatic rings. The minimum Gasteiger partial charge on any atom is -0.382 e. The molecule has 3 rings (SSSR count). The van der Waals surface area contributed by atoms with Crippen molar-refractivity contribution in [3.8, 4) is 11.3 Å². The lowest BCUT2D eigenvalue weighted by molar-refractivity contribution is -0.114. The van der Waals surface area contributed by atoms with Crippen molar-refractivity contribution in [1.82, 2.24) is 15.0 Å². The third kappa shape index (κ3) is 5.83. The summed E-state index contributed by atoms with van der Waals surface area (Å²) in [7, 11) is 0. The SMILES string of the molecule is CC.CCN(C(=N)c1nc(-c2ccc(NC(=O)CN)cc2)cnc1N)c1ccncc1. The van der Waals surface area contributed by atoms with Gasteiger partial charge >= 0.3 is 0 Å². The molecule has 1 aromatic carbocycles. The Morgan fingerprint density at radius 3 is 2.35 bits per heavy atom. The lowest BCUT2D eigenvalue weighted by Crippen LogP contribution is -2.32. The molecule has 6 N–H and O–H groups in total. The van der Waals surface area contributed by atoms with Crippen LogP contribution in [0.2, 0.25) is 0 Å². The van der Waals surface area contributed by atoms with Crippen LogP contribution >= 0.6 is 0 Å². The second-order valence-corrected chi connectivity index (χ2v) is 6.12. The largest absolute Gasteiger partial charge is 0.382 e. The Hall–Kier alpha value is -3.85. The molecule has 0 spiro atoms. The third-order valence-corrected chi connectivity index (χ3v) is 4.24. The summed E-state index contributed by atoms with van der Waals surface area (Å²) in [5.74, 6) is 0.0620. The van der Waals surface area contributed by atoms with Gasteiger partial charge in [-0.15, -0.1) is 0 Å². The molecule has 2 aromatic heterocycles. The van der Waals surface area contributed by atoms with Crippen molar-refractivity contribution in [2.45, 2.75) is 20.8 Å². The number of hydrogen-bond acceptors (Lipinski definition) is 7. The van der Waals surface area contributed by atoms with Gasteiger partial charge in [0.15, 0.2) is 11.7 Å². The fourth-order valence-electron chi connectivity index (χ4n) is 2.77. The topological polar surface area (TPSA) is 147 Å². The number of benzene rings is 1. The van der Waals surface area contributed by atoms with E-state index in [1.807, 2.05) is 32.9 Å². The molecule has 0 saturated heterocycles. The summed E-state index contributed by atoms with van der Waals surface area (Å²) >= 11 is 0. The second-order valence-electron chi connectivity index (χ2n) is 6.12. The number of aromatic nitrogens is 3. The molecule has 0 unspecified atom stereocenters. The molecule has 162 valence electrons. The Morgan fingerprint density at radius 1 is 1.13 bits per heavy atom. The Labute approximate surface area is 182 Å². The van der Waals surface area contributed by atoms with Crippen LogP contribution in [0.4, 0.5) is 17.2 Å². The zero-order chi connectivity index (χ0) is 22.8. The van der Waals surface area contributed by atoms with Crippen molar-refractivity contribution < 1.29 is 4.79 Å². The Bertz CT molecular complexity index is 1010. The van der Waals surface area contributed by atoms with E-state index in [0.717, 1.165) is 11.3 Å². The van der Waals surface area contributed by atoms with Crippen molar-refractivity contribution in [2.24, 2.45) is 5.73 Å². The minimum atomic E-state index is -0.267. The summed E-state index contributed by atoms with van der Waals surface area (Å²) in [6, 6.07) is 10.8. The number of nitrogens with two attached hydrogens (primary N) is 2. The van der Waals surface area contributed by atoms with E-state index in [1.165, 1.54) is 0 Å². The summed E-state index contributed by atoms with van der Waals surface area (Å²) in [6.07, 6.45) is 4.89. The van der Waals surface area contributed by atoms with Gasteiger partial charge in [-0.2, -0.15) is 0 Å². The molecule has 0 aliphatic rings. The molecule has 0 aliphatic heterocycles. The van der Waals surface area contributed by atoms with Crippen LogP contribution in [0.15, 0.2) is 55.0 Å². The highest BCUT2D eigenvalue weighted by molar-refractivity contribution is 6.09. The first-order chi connectivity index (χ1) is 15.0. The van der Waals surface area contributed by atoms with Gasteiger partial charge < -0.3 is 21.7 Å². The molecular formula is C22H28N8O. The van der Waals surface area contributed by atoms with Crippen molar-refractivity contribution in [3.63, 3.8) is 0 Å². The predicted molar refractivity (Wildman–Crippen MR) is 125 cm³/mol. The van der Waals surface area contributed by atoms with Gasteiger partial charge in [0, 0.05) is 35.9 Å². The first kappa shape index (κ1) is 23.4. The smallest absolute Gasteiger partial charge is 0.238 e. The van der Waals surface area contributed by atoms with Crippen molar-refractivity contribution in [3.05, 3.63) is 60.7 Å². The van der Waals surface area contributed by atoms with Crippen LogP contribution in [0.5, 0.6) is 0 Å². The lowest BCUT2D eigenvalue weighted by atomic mass is 10.1. The van der Waals surface area contributed by atoms with Crippen molar-refractivity contribution in [1.29, 1.82) is 5.41 Å². The van der Waals surface area contributed by atoms with Gasteiger partial charge in [-0.05, 0) is 31.2 Å². The highest BCUT2D eigenvalue weighted by atomic mass is 16.1. The Kier molecular flexibility index (Phi) is 8.59. The maximum atomic E-state index is 11.4.